The van der Waals surface area contributed by atoms with E-state index in [2.05, 4.69) is 64.8 Å². The number of hydrogen-bond acceptors (Lipinski definition) is 6. The van der Waals surface area contributed by atoms with Crippen molar-refractivity contribution in [3.8, 4) is 0 Å². The van der Waals surface area contributed by atoms with E-state index in [0.29, 0.717) is 35.0 Å². The number of ketones is 1. The molecule has 1 amide bonds. The highest BCUT2D eigenvalue weighted by Crippen LogP contribution is 2.77. The van der Waals surface area contributed by atoms with Crippen LogP contribution in [0.4, 0.5) is 0 Å². The standard InChI is InChI=1S/C45H65ClN2O6/c1-26(2)37-31(49)23-45(20-17-35(50)48-27(3)30-13-11-28(46)25-47-30)22-21-43(9)29(38(37)45)12-14-33-42(8)18-16-34(54-36(51)24-40(4,5)39(52)53)41(6,7)32(42)15-19-44(33,43)10/h11,13,17,20,25-27,29,32-34,37-38H,12,14-16,18-19,21-24H2,1-10H3,(H,48,50)(H,52,53)/b20-17+/t27-,29-,32-,33+,34-,37?,38?,42-,43+,44+,45-/m0/s1. The van der Waals surface area contributed by atoms with E-state index in [1.807, 2.05) is 13.0 Å². The molecule has 0 bridgehead atoms. The van der Waals surface area contributed by atoms with Gasteiger partial charge in [0, 0.05) is 24.0 Å². The van der Waals surface area contributed by atoms with E-state index >= 15 is 0 Å². The molecular formula is C45H65ClN2O6. The fourth-order valence-corrected chi connectivity index (χ4v) is 13.7. The first-order chi connectivity index (χ1) is 25.0. The molecule has 0 aromatic carbocycles. The molecule has 5 saturated carbocycles. The number of carboxylic acids is 1. The molecular weight excluding hydrogens is 700 g/mol. The lowest BCUT2D eigenvalue weighted by Crippen LogP contribution is -2.66. The lowest BCUT2D eigenvalue weighted by Gasteiger charge is -2.73. The largest absolute Gasteiger partial charge is 0.481 e. The summed E-state index contributed by atoms with van der Waals surface area (Å²) < 4.78 is 6.17. The van der Waals surface area contributed by atoms with Gasteiger partial charge in [-0.3, -0.25) is 24.2 Å². The predicted molar refractivity (Wildman–Crippen MR) is 210 cm³/mol. The van der Waals surface area contributed by atoms with Crippen LogP contribution in [0.15, 0.2) is 30.5 Å². The number of pyridine rings is 1. The number of esters is 1. The van der Waals surface area contributed by atoms with Gasteiger partial charge >= 0.3 is 11.9 Å². The minimum Gasteiger partial charge on any atom is -0.481 e. The second kappa shape index (κ2) is 14.0. The maximum atomic E-state index is 14.1. The summed E-state index contributed by atoms with van der Waals surface area (Å²) in [5.41, 5.74) is -0.823. The van der Waals surface area contributed by atoms with Crippen LogP contribution in [-0.2, 0) is 23.9 Å². The molecule has 298 valence electrons. The van der Waals surface area contributed by atoms with Gasteiger partial charge in [0.1, 0.15) is 11.9 Å². The number of allylic oxidation sites excluding steroid dienone is 1. The number of ether oxygens (including phenoxy) is 1. The van der Waals surface area contributed by atoms with Crippen molar-refractivity contribution in [3.63, 3.8) is 0 Å². The summed E-state index contributed by atoms with van der Waals surface area (Å²) >= 11 is 6.03. The zero-order chi connectivity index (χ0) is 39.8. The number of fused-ring (bicyclic) bond motifs is 7. The second-order valence-corrected chi connectivity index (χ2v) is 20.9. The van der Waals surface area contributed by atoms with Crippen LogP contribution in [0.3, 0.4) is 0 Å². The predicted octanol–water partition coefficient (Wildman–Crippen LogP) is 9.80. The van der Waals surface area contributed by atoms with E-state index < -0.39 is 17.4 Å². The van der Waals surface area contributed by atoms with Gasteiger partial charge in [0.2, 0.25) is 5.91 Å². The van der Waals surface area contributed by atoms with Crippen LogP contribution in [-0.4, -0.2) is 39.8 Å². The Bertz CT molecular complexity index is 1690. The van der Waals surface area contributed by atoms with Gasteiger partial charge in [0.25, 0.3) is 0 Å². The summed E-state index contributed by atoms with van der Waals surface area (Å²) in [7, 11) is 0. The number of carbonyl (C=O) groups is 4. The lowest BCUT2D eigenvalue weighted by atomic mass is 9.32. The summed E-state index contributed by atoms with van der Waals surface area (Å²) in [4.78, 5) is 56.7. The molecule has 0 aliphatic heterocycles. The average molecular weight is 765 g/mol. The molecule has 2 unspecified atom stereocenters. The van der Waals surface area contributed by atoms with Crippen molar-refractivity contribution >= 4 is 35.2 Å². The Morgan fingerprint density at radius 1 is 0.981 bits per heavy atom. The van der Waals surface area contributed by atoms with E-state index in [-0.39, 0.29) is 69.3 Å². The molecule has 5 aliphatic carbocycles. The fraction of sp³-hybridized carbons (Fsp3) is 0.756. The molecule has 1 aromatic heterocycles. The number of hydrogen-bond donors (Lipinski definition) is 2. The van der Waals surface area contributed by atoms with Gasteiger partial charge in [-0.2, -0.15) is 0 Å². The zero-order valence-electron chi connectivity index (χ0n) is 34.4. The summed E-state index contributed by atoms with van der Waals surface area (Å²) in [6, 6.07) is 3.33. The third-order valence-electron chi connectivity index (χ3n) is 16.6. The molecule has 1 aromatic rings. The molecule has 0 radical (unpaired) electrons. The highest BCUT2D eigenvalue weighted by atomic mass is 35.5. The van der Waals surface area contributed by atoms with Crippen LogP contribution < -0.4 is 5.32 Å². The van der Waals surface area contributed by atoms with E-state index in [4.69, 9.17) is 16.3 Å². The molecule has 1 heterocycles. The first-order valence-electron chi connectivity index (χ1n) is 20.6. The van der Waals surface area contributed by atoms with Gasteiger partial charge in [0.05, 0.1) is 28.6 Å². The van der Waals surface area contributed by atoms with E-state index in [1.165, 1.54) is 0 Å². The summed E-state index contributed by atoms with van der Waals surface area (Å²) in [5, 5.41) is 13.2. The number of amides is 1. The Morgan fingerprint density at radius 2 is 1.69 bits per heavy atom. The SMILES string of the molecule is CC(C)C1C(=O)C[C@]2(/C=C/C(=O)N[C@@H](C)c3ccc(Cl)cn3)CC[C@]3(C)[C@@H](CC[C@@H]4[C@@]5(C)CC[C@H](OC(=O)CC(C)(C)C(=O)O)C(C)(C)[C@@H]5CC[C@]43C)C12. The average Bonchev–Trinajstić information content (AvgIpc) is 3.37. The maximum absolute atomic E-state index is 14.1. The summed E-state index contributed by atoms with van der Waals surface area (Å²) in [6.07, 6.45) is 13.6. The van der Waals surface area contributed by atoms with E-state index in [0.717, 1.165) is 57.1 Å². The van der Waals surface area contributed by atoms with Gasteiger partial charge < -0.3 is 15.2 Å². The van der Waals surface area contributed by atoms with E-state index in [9.17, 15) is 24.3 Å². The van der Waals surface area contributed by atoms with Crippen LogP contribution in [0.25, 0.3) is 0 Å². The van der Waals surface area contributed by atoms with Gasteiger partial charge in [-0.05, 0) is 142 Å². The number of carbonyl (C=O) groups excluding carboxylic acids is 3. The van der Waals surface area contributed by atoms with Crippen molar-refractivity contribution in [2.24, 2.45) is 68.0 Å². The molecule has 8 nitrogen and oxygen atoms in total. The monoisotopic (exact) mass is 764 g/mol. The highest BCUT2D eigenvalue weighted by Gasteiger charge is 2.71. The van der Waals surface area contributed by atoms with Crippen molar-refractivity contribution in [2.45, 2.75) is 146 Å². The molecule has 11 atom stereocenters. The molecule has 0 spiro atoms. The number of carboxylic acid groups (broad SMARTS) is 1. The number of aliphatic carboxylic acids is 1. The number of aromatic nitrogens is 1. The number of nitrogens with one attached hydrogen (secondary N) is 1. The van der Waals surface area contributed by atoms with Gasteiger partial charge in [-0.1, -0.05) is 66.1 Å². The lowest BCUT2D eigenvalue weighted by molar-refractivity contribution is -0.249. The van der Waals surface area contributed by atoms with Crippen molar-refractivity contribution in [1.29, 1.82) is 0 Å². The molecule has 0 saturated heterocycles. The Kier molecular flexibility index (Phi) is 10.6. The van der Waals surface area contributed by atoms with Crippen LogP contribution in [0.1, 0.15) is 145 Å². The molecule has 5 fully saturated rings. The fourth-order valence-electron chi connectivity index (χ4n) is 13.6. The minimum atomic E-state index is -1.17. The van der Waals surface area contributed by atoms with Gasteiger partial charge in [0.15, 0.2) is 0 Å². The number of rotatable bonds is 9. The number of nitrogens with zero attached hydrogens (tertiary/aromatic N) is 1. The topological polar surface area (TPSA) is 123 Å². The quantitative estimate of drug-likeness (QED) is 0.190. The summed E-state index contributed by atoms with van der Waals surface area (Å²) in [5.74, 6) is 0.398. The molecule has 2 N–H and O–H groups in total. The van der Waals surface area contributed by atoms with E-state index in [1.54, 1.807) is 32.2 Å². The van der Waals surface area contributed by atoms with Crippen molar-refractivity contribution in [2.75, 3.05) is 0 Å². The third-order valence-corrected chi connectivity index (χ3v) is 16.8. The second-order valence-electron chi connectivity index (χ2n) is 20.5. The Balaban J connectivity index is 1.25. The molecule has 5 aliphatic rings. The van der Waals surface area contributed by atoms with Crippen molar-refractivity contribution < 1.29 is 29.0 Å². The maximum Gasteiger partial charge on any atom is 0.309 e. The Hall–Kier alpha value is -2.74. The smallest absolute Gasteiger partial charge is 0.309 e. The zero-order valence-corrected chi connectivity index (χ0v) is 35.1. The van der Waals surface area contributed by atoms with Crippen LogP contribution in [0, 0.1) is 68.0 Å². The van der Waals surface area contributed by atoms with Crippen LogP contribution in [0.2, 0.25) is 5.02 Å². The minimum absolute atomic E-state index is 0.0261. The van der Waals surface area contributed by atoms with Crippen molar-refractivity contribution in [3.05, 3.63) is 41.2 Å². The summed E-state index contributed by atoms with van der Waals surface area (Å²) in [6.45, 7) is 21.7. The van der Waals surface area contributed by atoms with Crippen LogP contribution >= 0.6 is 11.6 Å². The first-order valence-corrected chi connectivity index (χ1v) is 21.0. The van der Waals surface area contributed by atoms with Crippen LogP contribution in [0.5, 0.6) is 0 Å². The highest BCUT2D eigenvalue weighted by molar-refractivity contribution is 6.30. The van der Waals surface area contributed by atoms with Gasteiger partial charge in [-0.25, -0.2) is 0 Å². The van der Waals surface area contributed by atoms with Crippen molar-refractivity contribution in [1.82, 2.24) is 10.3 Å². The molecule has 9 heteroatoms. The number of halogens is 1. The molecule has 54 heavy (non-hydrogen) atoms. The Morgan fingerprint density at radius 3 is 2.31 bits per heavy atom. The molecule has 6 rings (SSSR count). The Labute approximate surface area is 328 Å². The van der Waals surface area contributed by atoms with Gasteiger partial charge in [-0.15, -0.1) is 0 Å². The first kappa shape index (κ1) is 40.9. The third kappa shape index (κ3) is 6.56. The number of Topliss-reactive ketones (excluding diaryl/α,β-unsaturated/α-hetero) is 1. The normalized spacial score (nSPS) is 39.2.